The Morgan fingerprint density at radius 1 is 1.21 bits per heavy atom. The topological polar surface area (TPSA) is 29.5 Å². The molecule has 106 valence electrons. The minimum atomic E-state index is -0.222. The highest BCUT2D eigenvalue weighted by molar-refractivity contribution is 8.00. The van der Waals surface area contributed by atoms with Gasteiger partial charge in [-0.15, -0.1) is 35.0 Å². The van der Waals surface area contributed by atoms with Crippen LogP contribution >= 0.6 is 35.0 Å². The van der Waals surface area contributed by atoms with Crippen molar-refractivity contribution in [3.8, 4) is 0 Å². The zero-order chi connectivity index (χ0) is 14.1. The van der Waals surface area contributed by atoms with Crippen LogP contribution in [-0.2, 0) is 9.53 Å². The second-order valence-corrected chi connectivity index (χ2v) is 5.53. The second kappa shape index (κ2) is 9.34. The van der Waals surface area contributed by atoms with E-state index in [1.165, 1.54) is 18.9 Å². The number of rotatable bonds is 8. The number of ether oxygens (including phenoxy) is 1. The van der Waals surface area contributed by atoms with E-state index in [9.17, 15) is 4.79 Å². The summed E-state index contributed by atoms with van der Waals surface area (Å²) in [6.45, 7) is 1.53. The van der Waals surface area contributed by atoms with Gasteiger partial charge in [0.25, 0.3) is 0 Å². The van der Waals surface area contributed by atoms with Crippen LogP contribution in [0, 0.1) is 0 Å². The average Bonchev–Trinajstić information content (AvgIpc) is 2.45. The number of carbonyl (C=O) groups is 1. The van der Waals surface area contributed by atoms with Crippen molar-refractivity contribution in [2.75, 3.05) is 42.6 Å². The molecule has 6 heteroatoms. The normalized spacial score (nSPS) is 10.3. The number of halogens is 2. The van der Waals surface area contributed by atoms with Gasteiger partial charge in [-0.3, -0.25) is 4.79 Å². The Labute approximate surface area is 128 Å². The summed E-state index contributed by atoms with van der Waals surface area (Å²) in [6.07, 6.45) is 0. The van der Waals surface area contributed by atoms with E-state index in [-0.39, 0.29) is 5.97 Å². The smallest absolute Gasteiger partial charge is 0.315 e. The predicted molar refractivity (Wildman–Crippen MR) is 82.8 cm³/mol. The Morgan fingerprint density at radius 2 is 1.79 bits per heavy atom. The molecule has 0 unspecified atom stereocenters. The maximum Gasteiger partial charge on any atom is 0.315 e. The molecule has 0 bridgehead atoms. The lowest BCUT2D eigenvalue weighted by atomic mass is 10.3. The van der Waals surface area contributed by atoms with Crippen molar-refractivity contribution in [2.45, 2.75) is 4.90 Å². The van der Waals surface area contributed by atoms with Crippen LogP contribution in [0.5, 0.6) is 0 Å². The van der Waals surface area contributed by atoms with Gasteiger partial charge in [0, 0.05) is 35.4 Å². The molecule has 1 aromatic carbocycles. The standard InChI is InChI=1S/C13H17Cl2NO2S/c1-18-13(17)10-19-12-4-2-11(3-5-12)16(8-6-14)9-7-15/h2-5H,6-10H2,1H3. The van der Waals surface area contributed by atoms with Crippen molar-refractivity contribution in [2.24, 2.45) is 0 Å². The third kappa shape index (κ3) is 5.93. The van der Waals surface area contributed by atoms with Crippen LogP contribution in [-0.4, -0.2) is 43.7 Å². The zero-order valence-electron chi connectivity index (χ0n) is 10.8. The van der Waals surface area contributed by atoms with Crippen molar-refractivity contribution in [1.29, 1.82) is 0 Å². The maximum absolute atomic E-state index is 11.1. The lowest BCUT2D eigenvalue weighted by molar-refractivity contribution is -0.137. The van der Waals surface area contributed by atoms with Gasteiger partial charge in [0.1, 0.15) is 0 Å². The van der Waals surface area contributed by atoms with Gasteiger partial charge in [0.15, 0.2) is 0 Å². The molecule has 19 heavy (non-hydrogen) atoms. The summed E-state index contributed by atoms with van der Waals surface area (Å²) in [5, 5.41) is 0. The molecule has 0 fully saturated rings. The predicted octanol–water partition coefficient (Wildman–Crippen LogP) is 3.24. The molecular formula is C13H17Cl2NO2S. The van der Waals surface area contributed by atoms with E-state index in [1.807, 2.05) is 24.3 Å². The first kappa shape index (κ1) is 16.5. The minimum Gasteiger partial charge on any atom is -0.468 e. The van der Waals surface area contributed by atoms with Gasteiger partial charge in [-0.05, 0) is 24.3 Å². The highest BCUT2D eigenvalue weighted by Gasteiger charge is 2.06. The molecular weight excluding hydrogens is 305 g/mol. The largest absolute Gasteiger partial charge is 0.468 e. The number of thioether (sulfide) groups is 1. The first-order valence-corrected chi connectivity index (χ1v) is 7.93. The van der Waals surface area contributed by atoms with Gasteiger partial charge in [0.05, 0.1) is 12.9 Å². The van der Waals surface area contributed by atoms with Crippen LogP contribution in [0.3, 0.4) is 0 Å². The first-order valence-electron chi connectivity index (χ1n) is 5.87. The zero-order valence-corrected chi connectivity index (χ0v) is 13.1. The fraction of sp³-hybridized carbons (Fsp3) is 0.462. The van der Waals surface area contributed by atoms with E-state index in [4.69, 9.17) is 23.2 Å². The number of esters is 1. The SMILES string of the molecule is COC(=O)CSc1ccc(N(CCCl)CCCl)cc1. The summed E-state index contributed by atoms with van der Waals surface area (Å²) >= 11 is 13.0. The minimum absolute atomic E-state index is 0.222. The number of benzene rings is 1. The molecule has 0 N–H and O–H groups in total. The van der Waals surface area contributed by atoms with E-state index in [0.717, 1.165) is 23.7 Å². The van der Waals surface area contributed by atoms with E-state index in [2.05, 4.69) is 9.64 Å². The maximum atomic E-state index is 11.1. The molecule has 0 heterocycles. The summed E-state index contributed by atoms with van der Waals surface area (Å²) in [5.41, 5.74) is 1.09. The van der Waals surface area contributed by atoms with Crippen LogP contribution in [0.1, 0.15) is 0 Å². The lowest BCUT2D eigenvalue weighted by Crippen LogP contribution is -2.27. The number of alkyl halides is 2. The molecule has 0 radical (unpaired) electrons. The van der Waals surface area contributed by atoms with Gasteiger partial charge in [0.2, 0.25) is 0 Å². The molecule has 3 nitrogen and oxygen atoms in total. The van der Waals surface area contributed by atoms with Crippen LogP contribution in [0.25, 0.3) is 0 Å². The van der Waals surface area contributed by atoms with Gasteiger partial charge >= 0.3 is 5.97 Å². The fourth-order valence-corrected chi connectivity index (χ4v) is 2.67. The van der Waals surface area contributed by atoms with Crippen LogP contribution in [0.2, 0.25) is 0 Å². The highest BCUT2D eigenvalue weighted by atomic mass is 35.5. The summed E-state index contributed by atoms with van der Waals surface area (Å²) in [7, 11) is 1.39. The van der Waals surface area contributed by atoms with E-state index >= 15 is 0 Å². The number of carbonyl (C=O) groups excluding carboxylic acids is 1. The number of anilines is 1. The third-order valence-electron chi connectivity index (χ3n) is 2.50. The molecule has 0 aliphatic heterocycles. The Morgan fingerprint density at radius 3 is 2.26 bits per heavy atom. The van der Waals surface area contributed by atoms with E-state index in [0.29, 0.717) is 17.5 Å². The number of hydrogen-bond donors (Lipinski definition) is 0. The van der Waals surface area contributed by atoms with E-state index < -0.39 is 0 Å². The molecule has 0 atom stereocenters. The lowest BCUT2D eigenvalue weighted by Gasteiger charge is -2.22. The molecule has 1 aromatic rings. The first-order chi connectivity index (χ1) is 9.21. The molecule has 0 aliphatic carbocycles. The molecule has 1 rings (SSSR count). The Hall–Kier alpha value is -0.580. The Bertz CT molecular complexity index is 381. The second-order valence-electron chi connectivity index (χ2n) is 3.72. The van der Waals surface area contributed by atoms with Gasteiger partial charge in [-0.2, -0.15) is 0 Å². The quantitative estimate of drug-likeness (QED) is 0.417. The van der Waals surface area contributed by atoms with Crippen molar-refractivity contribution in [3.63, 3.8) is 0 Å². The van der Waals surface area contributed by atoms with Gasteiger partial charge < -0.3 is 9.64 Å². The van der Waals surface area contributed by atoms with Crippen LogP contribution < -0.4 is 4.90 Å². The molecule has 0 saturated heterocycles. The molecule has 0 aliphatic rings. The van der Waals surface area contributed by atoms with Crippen molar-refractivity contribution in [3.05, 3.63) is 24.3 Å². The number of methoxy groups -OCH3 is 1. The monoisotopic (exact) mass is 321 g/mol. The van der Waals surface area contributed by atoms with Crippen molar-refractivity contribution < 1.29 is 9.53 Å². The summed E-state index contributed by atoms with van der Waals surface area (Å²) in [6, 6.07) is 7.99. The summed E-state index contributed by atoms with van der Waals surface area (Å²) in [4.78, 5) is 14.2. The van der Waals surface area contributed by atoms with Crippen LogP contribution in [0.4, 0.5) is 5.69 Å². The molecule has 0 aromatic heterocycles. The molecule has 0 saturated carbocycles. The van der Waals surface area contributed by atoms with Gasteiger partial charge in [-0.25, -0.2) is 0 Å². The molecule has 0 amide bonds. The van der Waals surface area contributed by atoms with Crippen molar-refractivity contribution in [1.82, 2.24) is 0 Å². The number of nitrogens with zero attached hydrogens (tertiary/aromatic N) is 1. The molecule has 0 spiro atoms. The third-order valence-corrected chi connectivity index (χ3v) is 3.82. The summed E-state index contributed by atoms with van der Waals surface area (Å²) in [5.74, 6) is 1.23. The fourth-order valence-electron chi connectivity index (χ4n) is 1.53. The number of hydrogen-bond acceptors (Lipinski definition) is 4. The highest BCUT2D eigenvalue weighted by Crippen LogP contribution is 2.22. The van der Waals surface area contributed by atoms with Gasteiger partial charge in [-0.1, -0.05) is 0 Å². The Balaban J connectivity index is 2.60. The Kier molecular flexibility index (Phi) is 8.10. The van der Waals surface area contributed by atoms with Crippen LogP contribution in [0.15, 0.2) is 29.2 Å². The van der Waals surface area contributed by atoms with E-state index in [1.54, 1.807) is 0 Å². The average molecular weight is 322 g/mol. The van der Waals surface area contributed by atoms with Crippen molar-refractivity contribution >= 4 is 46.6 Å². The summed E-state index contributed by atoms with van der Waals surface area (Å²) < 4.78 is 4.60.